The summed E-state index contributed by atoms with van der Waals surface area (Å²) in [6, 6.07) is 19.5. The van der Waals surface area contributed by atoms with Gasteiger partial charge in [-0.1, -0.05) is 42.5 Å². The molecule has 0 saturated heterocycles. The maximum atomic E-state index is 13.2. The molecule has 1 atom stereocenters. The molecule has 0 aromatic heterocycles. The summed E-state index contributed by atoms with van der Waals surface area (Å²) in [7, 11) is -3.69. The Morgan fingerprint density at radius 3 is 2.15 bits per heavy atom. The molecular formula is C26H28N2O5S. The van der Waals surface area contributed by atoms with Crippen molar-refractivity contribution in [3.63, 3.8) is 0 Å². The van der Waals surface area contributed by atoms with Crippen molar-refractivity contribution in [2.75, 3.05) is 5.32 Å². The maximum absolute atomic E-state index is 13.2. The van der Waals surface area contributed by atoms with E-state index in [1.807, 2.05) is 32.0 Å². The Kier molecular flexibility index (Phi) is 7.86. The van der Waals surface area contributed by atoms with Gasteiger partial charge in [0.25, 0.3) is 5.91 Å². The standard InChI is InChI=1S/C26H28N2O5S/c1-17(2)28-34(31,32)22-14-12-21(13-15-22)26(30)33-24(20-8-6-5-7-9-20)25(29)27-23-16-18(3)10-11-19(23)4/h5-17,24,28H,1-4H3,(H,27,29). The molecule has 3 aromatic rings. The highest BCUT2D eigenvalue weighted by molar-refractivity contribution is 7.89. The van der Waals surface area contributed by atoms with Gasteiger partial charge >= 0.3 is 5.97 Å². The molecule has 0 radical (unpaired) electrons. The number of rotatable bonds is 8. The summed E-state index contributed by atoms with van der Waals surface area (Å²) in [5.41, 5.74) is 3.14. The number of anilines is 1. The summed E-state index contributed by atoms with van der Waals surface area (Å²) in [4.78, 5) is 26.1. The Hall–Kier alpha value is -3.49. The summed E-state index contributed by atoms with van der Waals surface area (Å²) < 4.78 is 32.7. The van der Waals surface area contributed by atoms with E-state index >= 15 is 0 Å². The van der Waals surface area contributed by atoms with E-state index in [4.69, 9.17) is 4.74 Å². The molecule has 3 rings (SSSR count). The quantitative estimate of drug-likeness (QED) is 0.462. The van der Waals surface area contributed by atoms with Crippen LogP contribution in [0.3, 0.4) is 0 Å². The number of aryl methyl sites for hydroxylation is 2. The number of hydrogen-bond donors (Lipinski definition) is 2. The third-order valence-corrected chi connectivity index (χ3v) is 6.68. The number of carbonyl (C=O) groups is 2. The van der Waals surface area contributed by atoms with Crippen LogP contribution in [0.4, 0.5) is 5.69 Å². The Balaban J connectivity index is 1.83. The fraction of sp³-hybridized carbons (Fsp3) is 0.231. The minimum atomic E-state index is -3.69. The molecule has 8 heteroatoms. The van der Waals surface area contributed by atoms with Crippen molar-refractivity contribution < 1.29 is 22.7 Å². The van der Waals surface area contributed by atoms with Gasteiger partial charge in [-0.2, -0.15) is 0 Å². The van der Waals surface area contributed by atoms with Crippen molar-refractivity contribution >= 4 is 27.6 Å². The molecule has 2 N–H and O–H groups in total. The third kappa shape index (κ3) is 6.30. The largest absolute Gasteiger partial charge is 0.444 e. The number of sulfonamides is 1. The van der Waals surface area contributed by atoms with Gasteiger partial charge in [0.05, 0.1) is 10.5 Å². The Morgan fingerprint density at radius 1 is 0.882 bits per heavy atom. The normalized spacial score (nSPS) is 12.3. The van der Waals surface area contributed by atoms with E-state index < -0.39 is 28.0 Å². The van der Waals surface area contributed by atoms with Crippen LogP contribution in [0.15, 0.2) is 77.7 Å². The van der Waals surface area contributed by atoms with E-state index in [2.05, 4.69) is 10.0 Å². The molecule has 0 aliphatic carbocycles. The number of amides is 1. The minimum absolute atomic E-state index is 0.0324. The van der Waals surface area contributed by atoms with Crippen LogP contribution in [0.25, 0.3) is 0 Å². The van der Waals surface area contributed by atoms with Crippen LogP contribution in [0.2, 0.25) is 0 Å². The predicted octanol–water partition coefficient (Wildman–Crippen LogP) is 4.53. The SMILES string of the molecule is Cc1ccc(C)c(NC(=O)C(OC(=O)c2ccc(S(=O)(=O)NC(C)C)cc2)c2ccccc2)c1. The molecule has 178 valence electrons. The van der Waals surface area contributed by atoms with Crippen molar-refractivity contribution in [3.8, 4) is 0 Å². The lowest BCUT2D eigenvalue weighted by atomic mass is 10.1. The fourth-order valence-electron chi connectivity index (χ4n) is 3.29. The van der Waals surface area contributed by atoms with E-state index in [9.17, 15) is 18.0 Å². The van der Waals surface area contributed by atoms with Crippen LogP contribution in [0.5, 0.6) is 0 Å². The van der Waals surface area contributed by atoms with Gasteiger partial charge in [0.1, 0.15) is 0 Å². The van der Waals surface area contributed by atoms with E-state index in [0.717, 1.165) is 11.1 Å². The van der Waals surface area contributed by atoms with Crippen molar-refractivity contribution in [3.05, 3.63) is 95.1 Å². The molecule has 0 spiro atoms. The van der Waals surface area contributed by atoms with Crippen LogP contribution in [0.1, 0.15) is 47.0 Å². The summed E-state index contributed by atoms with van der Waals surface area (Å²) in [6.45, 7) is 7.24. The monoisotopic (exact) mass is 480 g/mol. The number of esters is 1. The molecule has 0 bridgehead atoms. The molecule has 0 fully saturated rings. The molecule has 1 amide bonds. The van der Waals surface area contributed by atoms with Gasteiger partial charge in [-0.15, -0.1) is 0 Å². The first-order chi connectivity index (χ1) is 16.1. The number of hydrogen-bond acceptors (Lipinski definition) is 5. The molecule has 3 aromatic carbocycles. The summed E-state index contributed by atoms with van der Waals surface area (Å²) >= 11 is 0. The highest BCUT2D eigenvalue weighted by atomic mass is 32.2. The predicted molar refractivity (Wildman–Crippen MR) is 131 cm³/mol. The smallest absolute Gasteiger partial charge is 0.339 e. The number of benzene rings is 3. The van der Waals surface area contributed by atoms with Gasteiger partial charge in [0, 0.05) is 17.3 Å². The van der Waals surface area contributed by atoms with Crippen molar-refractivity contribution in [2.24, 2.45) is 0 Å². The van der Waals surface area contributed by atoms with Crippen LogP contribution < -0.4 is 10.0 Å². The van der Waals surface area contributed by atoms with Gasteiger partial charge in [0.15, 0.2) is 0 Å². The van der Waals surface area contributed by atoms with E-state index in [1.54, 1.807) is 44.2 Å². The topological polar surface area (TPSA) is 102 Å². The minimum Gasteiger partial charge on any atom is -0.444 e. The summed E-state index contributed by atoms with van der Waals surface area (Å²) in [6.07, 6.45) is -1.19. The van der Waals surface area contributed by atoms with Crippen LogP contribution in [0, 0.1) is 13.8 Å². The second-order valence-corrected chi connectivity index (χ2v) is 10.0. The van der Waals surface area contributed by atoms with Crippen molar-refractivity contribution in [1.82, 2.24) is 4.72 Å². The maximum Gasteiger partial charge on any atom is 0.339 e. The zero-order valence-electron chi connectivity index (χ0n) is 19.5. The molecule has 0 heterocycles. The average Bonchev–Trinajstić information content (AvgIpc) is 2.79. The second-order valence-electron chi connectivity index (χ2n) is 8.30. The zero-order valence-corrected chi connectivity index (χ0v) is 20.3. The van der Waals surface area contributed by atoms with E-state index in [1.165, 1.54) is 24.3 Å². The Bertz CT molecular complexity index is 1270. The van der Waals surface area contributed by atoms with Gasteiger partial charge in [0.2, 0.25) is 16.1 Å². The average molecular weight is 481 g/mol. The van der Waals surface area contributed by atoms with Gasteiger partial charge in [-0.05, 0) is 69.2 Å². The molecule has 34 heavy (non-hydrogen) atoms. The first-order valence-electron chi connectivity index (χ1n) is 10.8. The van der Waals surface area contributed by atoms with Crippen molar-refractivity contribution in [1.29, 1.82) is 0 Å². The molecule has 7 nitrogen and oxygen atoms in total. The highest BCUT2D eigenvalue weighted by Crippen LogP contribution is 2.24. The van der Waals surface area contributed by atoms with Crippen LogP contribution >= 0.6 is 0 Å². The summed E-state index contributed by atoms with van der Waals surface area (Å²) in [5, 5.41) is 2.85. The number of carbonyl (C=O) groups excluding carboxylic acids is 2. The van der Waals surface area contributed by atoms with Gasteiger partial charge in [-0.25, -0.2) is 17.9 Å². The van der Waals surface area contributed by atoms with Crippen LogP contribution in [-0.4, -0.2) is 26.3 Å². The summed E-state index contributed by atoms with van der Waals surface area (Å²) in [5.74, 6) is -1.24. The number of nitrogens with one attached hydrogen (secondary N) is 2. The lowest BCUT2D eigenvalue weighted by molar-refractivity contribution is -0.125. The first-order valence-corrected chi connectivity index (χ1v) is 12.3. The molecular weight excluding hydrogens is 452 g/mol. The van der Waals surface area contributed by atoms with Crippen LogP contribution in [-0.2, 0) is 19.6 Å². The molecule has 1 unspecified atom stereocenters. The lowest BCUT2D eigenvalue weighted by Gasteiger charge is -2.19. The third-order valence-electron chi connectivity index (χ3n) is 5.01. The zero-order chi connectivity index (χ0) is 24.9. The fourth-order valence-corrected chi connectivity index (χ4v) is 4.54. The molecule has 0 saturated carbocycles. The lowest BCUT2D eigenvalue weighted by Crippen LogP contribution is -2.30. The first kappa shape index (κ1) is 25.1. The Morgan fingerprint density at radius 2 is 1.53 bits per heavy atom. The highest BCUT2D eigenvalue weighted by Gasteiger charge is 2.26. The van der Waals surface area contributed by atoms with Gasteiger partial charge in [-0.3, -0.25) is 4.79 Å². The number of ether oxygens (including phenoxy) is 1. The van der Waals surface area contributed by atoms with E-state index in [-0.39, 0.29) is 16.5 Å². The van der Waals surface area contributed by atoms with Gasteiger partial charge < -0.3 is 10.1 Å². The Labute approximate surface area is 200 Å². The second kappa shape index (κ2) is 10.6. The molecule has 0 aliphatic heterocycles. The van der Waals surface area contributed by atoms with E-state index in [0.29, 0.717) is 11.3 Å². The molecule has 0 aliphatic rings. The van der Waals surface area contributed by atoms with Crippen molar-refractivity contribution in [2.45, 2.75) is 44.7 Å².